The van der Waals surface area contributed by atoms with Crippen LogP contribution in [-0.4, -0.2) is 52.3 Å². The number of carboxylic acids is 1. The van der Waals surface area contributed by atoms with Gasteiger partial charge in [-0.05, 0) is 24.3 Å². The number of carbonyl (C=O) groups is 2. The Kier molecular flexibility index (Phi) is 4.73. The van der Waals surface area contributed by atoms with Crippen LogP contribution in [0.25, 0.3) is 28.2 Å². The van der Waals surface area contributed by atoms with Gasteiger partial charge in [-0.1, -0.05) is 13.0 Å². The normalized spacial score (nSPS) is 13.4. The standard InChI is InChI=1S/C23H22N6O3/c1-3-20-26-22(19-12-27(14(2)30)9-10-28(19)20)18-6-4-5-17-21(25-13-29(17)18)15-7-8-16(23(31)32)24-11-15/h4-8,11,13H,3,9-10,12H2,1-2H3,(H,31,32). The molecule has 0 saturated heterocycles. The molecule has 4 aromatic rings. The molecule has 0 saturated carbocycles. The molecule has 0 aromatic carbocycles. The fourth-order valence-corrected chi connectivity index (χ4v) is 4.28. The van der Waals surface area contributed by atoms with Gasteiger partial charge < -0.3 is 14.6 Å². The average Bonchev–Trinajstić information content (AvgIpc) is 3.40. The molecule has 5 rings (SSSR count). The Hall–Kier alpha value is -4.01. The first-order valence-electron chi connectivity index (χ1n) is 10.5. The smallest absolute Gasteiger partial charge is 0.354 e. The molecule has 162 valence electrons. The highest BCUT2D eigenvalue weighted by atomic mass is 16.4. The van der Waals surface area contributed by atoms with Crippen molar-refractivity contribution in [1.82, 2.24) is 28.8 Å². The van der Waals surface area contributed by atoms with E-state index in [0.717, 1.165) is 47.0 Å². The van der Waals surface area contributed by atoms with Crippen molar-refractivity contribution in [1.29, 1.82) is 0 Å². The van der Waals surface area contributed by atoms with Crippen LogP contribution in [0.5, 0.6) is 0 Å². The first-order valence-corrected chi connectivity index (χ1v) is 10.5. The molecule has 9 nitrogen and oxygen atoms in total. The van der Waals surface area contributed by atoms with Crippen molar-refractivity contribution in [3.05, 3.63) is 60.1 Å². The summed E-state index contributed by atoms with van der Waals surface area (Å²) >= 11 is 0. The van der Waals surface area contributed by atoms with Gasteiger partial charge in [0, 0.05) is 38.2 Å². The van der Waals surface area contributed by atoms with Crippen molar-refractivity contribution >= 4 is 17.4 Å². The number of aromatic carboxylic acids is 1. The third-order valence-corrected chi connectivity index (χ3v) is 5.92. The van der Waals surface area contributed by atoms with Crippen molar-refractivity contribution < 1.29 is 14.7 Å². The number of fused-ring (bicyclic) bond motifs is 2. The molecule has 32 heavy (non-hydrogen) atoms. The summed E-state index contributed by atoms with van der Waals surface area (Å²) in [5.74, 6) is -0.00434. The number of rotatable bonds is 4. The predicted octanol–water partition coefficient (Wildman–Crippen LogP) is 2.88. The lowest BCUT2D eigenvalue weighted by molar-refractivity contribution is -0.130. The number of pyridine rings is 2. The highest BCUT2D eigenvalue weighted by Crippen LogP contribution is 2.31. The summed E-state index contributed by atoms with van der Waals surface area (Å²) in [7, 11) is 0. The number of aromatic nitrogens is 5. The Bertz CT molecular complexity index is 1350. The fraction of sp³-hybridized carbons (Fsp3) is 0.261. The molecule has 5 heterocycles. The molecule has 1 aliphatic rings. The van der Waals surface area contributed by atoms with Crippen molar-refractivity contribution in [3.63, 3.8) is 0 Å². The van der Waals surface area contributed by atoms with Gasteiger partial charge in [-0.3, -0.25) is 9.20 Å². The minimum atomic E-state index is -1.07. The van der Waals surface area contributed by atoms with Gasteiger partial charge in [0.15, 0.2) is 0 Å². The number of aryl methyl sites for hydroxylation is 1. The van der Waals surface area contributed by atoms with Crippen molar-refractivity contribution in [3.8, 4) is 22.6 Å². The number of hydrogen-bond acceptors (Lipinski definition) is 5. The van der Waals surface area contributed by atoms with Crippen LogP contribution in [0.3, 0.4) is 0 Å². The maximum absolute atomic E-state index is 12.0. The number of hydrogen-bond donors (Lipinski definition) is 1. The Balaban J connectivity index is 1.63. The number of imidazole rings is 2. The third kappa shape index (κ3) is 3.13. The summed E-state index contributed by atoms with van der Waals surface area (Å²) < 4.78 is 4.20. The van der Waals surface area contributed by atoms with E-state index in [1.807, 2.05) is 27.5 Å². The van der Waals surface area contributed by atoms with E-state index in [1.54, 1.807) is 19.3 Å². The molecular weight excluding hydrogens is 408 g/mol. The molecule has 0 radical (unpaired) electrons. The van der Waals surface area contributed by atoms with Gasteiger partial charge >= 0.3 is 5.97 Å². The van der Waals surface area contributed by atoms with E-state index in [4.69, 9.17) is 10.1 Å². The monoisotopic (exact) mass is 430 g/mol. The molecule has 0 unspecified atom stereocenters. The summed E-state index contributed by atoms with van der Waals surface area (Å²) in [5.41, 5.74) is 5.07. The largest absolute Gasteiger partial charge is 0.477 e. The molecule has 1 amide bonds. The summed E-state index contributed by atoms with van der Waals surface area (Å²) in [6, 6.07) is 9.10. The van der Waals surface area contributed by atoms with Gasteiger partial charge in [0.25, 0.3) is 0 Å². The van der Waals surface area contributed by atoms with E-state index in [9.17, 15) is 9.59 Å². The van der Waals surface area contributed by atoms with Gasteiger partial charge in [0.05, 0.1) is 29.1 Å². The number of amides is 1. The Morgan fingerprint density at radius 3 is 2.62 bits per heavy atom. The Morgan fingerprint density at radius 1 is 1.09 bits per heavy atom. The molecule has 0 aliphatic carbocycles. The van der Waals surface area contributed by atoms with Crippen LogP contribution in [-0.2, 0) is 24.3 Å². The molecule has 4 aromatic heterocycles. The lowest BCUT2D eigenvalue weighted by atomic mass is 10.1. The van der Waals surface area contributed by atoms with Gasteiger partial charge in [0.2, 0.25) is 5.91 Å². The zero-order chi connectivity index (χ0) is 22.4. The minimum absolute atomic E-state index is 0.00953. The number of carbonyl (C=O) groups excluding carboxylic acids is 1. The highest BCUT2D eigenvalue weighted by molar-refractivity contribution is 5.86. The average molecular weight is 430 g/mol. The van der Waals surface area contributed by atoms with Crippen LogP contribution in [0.2, 0.25) is 0 Å². The number of nitrogens with zero attached hydrogens (tertiary/aromatic N) is 6. The SMILES string of the molecule is CCc1nc(-c2cccc3c(-c4ccc(C(=O)O)nc4)ncn23)c2n1CCN(C(C)=O)C2. The topological polar surface area (TPSA) is 106 Å². The van der Waals surface area contributed by atoms with Crippen LogP contribution in [0.1, 0.15) is 35.9 Å². The molecule has 1 N–H and O–H groups in total. The first kappa shape index (κ1) is 19.9. The summed E-state index contributed by atoms with van der Waals surface area (Å²) in [6.07, 6.45) is 4.07. The van der Waals surface area contributed by atoms with Crippen LogP contribution in [0.15, 0.2) is 42.9 Å². The first-order chi connectivity index (χ1) is 15.5. The minimum Gasteiger partial charge on any atom is -0.477 e. The molecular formula is C23H22N6O3. The molecule has 0 fully saturated rings. The Labute approximate surface area is 184 Å². The second-order valence-corrected chi connectivity index (χ2v) is 7.77. The van der Waals surface area contributed by atoms with Crippen LogP contribution >= 0.6 is 0 Å². The lowest BCUT2D eigenvalue weighted by Gasteiger charge is -2.28. The fourth-order valence-electron chi connectivity index (χ4n) is 4.28. The molecule has 0 spiro atoms. The van der Waals surface area contributed by atoms with Gasteiger partial charge in [-0.25, -0.2) is 19.7 Å². The van der Waals surface area contributed by atoms with E-state index in [2.05, 4.69) is 21.5 Å². The summed E-state index contributed by atoms with van der Waals surface area (Å²) in [4.78, 5) is 38.5. The van der Waals surface area contributed by atoms with E-state index < -0.39 is 5.97 Å². The summed E-state index contributed by atoms with van der Waals surface area (Å²) in [6.45, 7) is 5.62. The molecule has 1 aliphatic heterocycles. The summed E-state index contributed by atoms with van der Waals surface area (Å²) in [5, 5.41) is 9.10. The zero-order valence-corrected chi connectivity index (χ0v) is 17.8. The van der Waals surface area contributed by atoms with Crippen LogP contribution in [0, 0.1) is 0 Å². The lowest BCUT2D eigenvalue weighted by Crippen LogP contribution is -2.37. The van der Waals surface area contributed by atoms with Crippen molar-refractivity contribution in [2.75, 3.05) is 6.54 Å². The molecule has 0 atom stereocenters. The van der Waals surface area contributed by atoms with Gasteiger partial charge in [-0.2, -0.15) is 0 Å². The maximum atomic E-state index is 12.0. The quantitative estimate of drug-likeness (QED) is 0.534. The maximum Gasteiger partial charge on any atom is 0.354 e. The van der Waals surface area contributed by atoms with E-state index in [1.165, 1.54) is 12.3 Å². The highest BCUT2D eigenvalue weighted by Gasteiger charge is 2.26. The second-order valence-electron chi connectivity index (χ2n) is 7.77. The van der Waals surface area contributed by atoms with Crippen molar-refractivity contribution in [2.24, 2.45) is 0 Å². The van der Waals surface area contributed by atoms with E-state index in [0.29, 0.717) is 18.8 Å². The molecule has 9 heteroatoms. The van der Waals surface area contributed by atoms with Crippen LogP contribution in [0.4, 0.5) is 0 Å². The predicted molar refractivity (Wildman–Crippen MR) is 117 cm³/mol. The third-order valence-electron chi connectivity index (χ3n) is 5.92. The number of carboxylic acid groups (broad SMARTS) is 1. The van der Waals surface area contributed by atoms with Crippen molar-refractivity contribution in [2.45, 2.75) is 33.4 Å². The van der Waals surface area contributed by atoms with E-state index in [-0.39, 0.29) is 11.6 Å². The zero-order valence-electron chi connectivity index (χ0n) is 17.8. The van der Waals surface area contributed by atoms with E-state index >= 15 is 0 Å². The van der Waals surface area contributed by atoms with Gasteiger partial charge in [-0.15, -0.1) is 0 Å². The van der Waals surface area contributed by atoms with Gasteiger partial charge in [0.1, 0.15) is 23.5 Å². The second kappa shape index (κ2) is 7.60. The Morgan fingerprint density at radius 2 is 1.94 bits per heavy atom. The van der Waals surface area contributed by atoms with Crippen LogP contribution < -0.4 is 0 Å². The molecule has 0 bridgehead atoms.